The third-order valence-electron chi connectivity index (χ3n) is 3.28. The van der Waals surface area contributed by atoms with E-state index in [1.807, 2.05) is 51.1 Å². The number of rotatable bonds is 6. The second kappa shape index (κ2) is 8.02. The van der Waals surface area contributed by atoms with Crippen LogP contribution in [0.5, 0.6) is 0 Å². The lowest BCUT2D eigenvalue weighted by molar-refractivity contribution is 0.0866. The highest BCUT2D eigenvalue weighted by Crippen LogP contribution is 2.25. The lowest BCUT2D eigenvalue weighted by Gasteiger charge is -2.31. The molecule has 1 atom stereocenters. The smallest absolute Gasteiger partial charge is 0.410 e. The molecule has 0 aromatic heterocycles. The van der Waals surface area contributed by atoms with E-state index in [-0.39, 0.29) is 17.8 Å². The summed E-state index contributed by atoms with van der Waals surface area (Å²) >= 11 is 0. The summed E-state index contributed by atoms with van der Waals surface area (Å²) in [7, 11) is 3.19. The summed E-state index contributed by atoms with van der Waals surface area (Å²) in [5, 5.41) is 0. The first kappa shape index (κ1) is 19.8. The standard InChI is InChI=1S/C16H24ClNO4S/c1-16(2,3)10-14(12-23(17,20)21)18(4)15(19)22-11-13-8-6-5-7-9-13/h5-9,14H,10-12H2,1-4H3. The summed E-state index contributed by atoms with van der Waals surface area (Å²) in [4.78, 5) is 13.5. The van der Waals surface area contributed by atoms with Gasteiger partial charge < -0.3 is 9.64 Å². The Labute approximate surface area is 143 Å². The third kappa shape index (κ3) is 8.23. The van der Waals surface area contributed by atoms with Gasteiger partial charge in [0.1, 0.15) is 6.61 Å². The Bertz CT molecular complexity index is 611. The second-order valence-electron chi connectivity index (χ2n) is 6.78. The van der Waals surface area contributed by atoms with Gasteiger partial charge in [-0.25, -0.2) is 13.2 Å². The fourth-order valence-corrected chi connectivity index (χ4v) is 3.45. The Balaban J connectivity index is 2.74. The van der Waals surface area contributed by atoms with Gasteiger partial charge in [0, 0.05) is 17.7 Å². The van der Waals surface area contributed by atoms with Crippen molar-refractivity contribution in [3.8, 4) is 0 Å². The molecule has 0 radical (unpaired) electrons. The lowest BCUT2D eigenvalue weighted by atomic mass is 9.88. The Morgan fingerprint density at radius 2 is 1.83 bits per heavy atom. The molecule has 1 aromatic rings. The first-order valence-electron chi connectivity index (χ1n) is 7.34. The molecule has 5 nitrogen and oxygen atoms in total. The first-order chi connectivity index (χ1) is 10.5. The van der Waals surface area contributed by atoms with Gasteiger partial charge in [-0.2, -0.15) is 0 Å². The third-order valence-corrected chi connectivity index (χ3v) is 4.44. The molecule has 1 aromatic carbocycles. The van der Waals surface area contributed by atoms with Crippen LogP contribution in [-0.4, -0.2) is 38.3 Å². The molecule has 0 saturated carbocycles. The molecule has 1 unspecified atom stereocenters. The topological polar surface area (TPSA) is 63.7 Å². The van der Waals surface area contributed by atoms with Crippen molar-refractivity contribution in [1.82, 2.24) is 4.90 Å². The predicted octanol–water partition coefficient (Wildman–Crippen LogP) is 3.63. The Hall–Kier alpha value is -1.27. The zero-order valence-corrected chi connectivity index (χ0v) is 15.5. The molecule has 0 spiro atoms. The summed E-state index contributed by atoms with van der Waals surface area (Å²) in [6.07, 6.45) is -0.0704. The van der Waals surface area contributed by atoms with Crippen molar-refractivity contribution in [2.24, 2.45) is 5.41 Å². The van der Waals surface area contributed by atoms with Gasteiger partial charge in [0.05, 0.1) is 11.8 Å². The average molecular weight is 362 g/mol. The van der Waals surface area contributed by atoms with Crippen LogP contribution in [-0.2, 0) is 20.4 Å². The van der Waals surface area contributed by atoms with E-state index in [0.29, 0.717) is 6.42 Å². The molecule has 1 amide bonds. The maximum atomic E-state index is 12.2. The van der Waals surface area contributed by atoms with Crippen LogP contribution in [0.15, 0.2) is 30.3 Å². The number of benzene rings is 1. The number of amides is 1. The van der Waals surface area contributed by atoms with E-state index >= 15 is 0 Å². The molecule has 23 heavy (non-hydrogen) atoms. The van der Waals surface area contributed by atoms with Crippen molar-refractivity contribution in [3.63, 3.8) is 0 Å². The predicted molar refractivity (Wildman–Crippen MR) is 91.9 cm³/mol. The zero-order chi connectivity index (χ0) is 17.7. The summed E-state index contributed by atoms with van der Waals surface area (Å²) in [5.74, 6) is -0.303. The molecule has 0 N–H and O–H groups in total. The highest BCUT2D eigenvalue weighted by molar-refractivity contribution is 8.13. The van der Waals surface area contributed by atoms with Crippen LogP contribution in [0.2, 0.25) is 0 Å². The van der Waals surface area contributed by atoms with Crippen molar-refractivity contribution in [1.29, 1.82) is 0 Å². The molecular weight excluding hydrogens is 338 g/mol. The quantitative estimate of drug-likeness (QED) is 0.726. The molecule has 0 bridgehead atoms. The van der Waals surface area contributed by atoms with Gasteiger partial charge in [-0.15, -0.1) is 0 Å². The van der Waals surface area contributed by atoms with Crippen LogP contribution >= 0.6 is 10.7 Å². The van der Waals surface area contributed by atoms with E-state index in [9.17, 15) is 13.2 Å². The highest BCUT2D eigenvalue weighted by atomic mass is 35.7. The molecular formula is C16H24ClNO4S. The molecule has 0 aliphatic carbocycles. The summed E-state index contributed by atoms with van der Waals surface area (Å²) in [5.41, 5.74) is 0.715. The van der Waals surface area contributed by atoms with Crippen LogP contribution in [0.25, 0.3) is 0 Å². The van der Waals surface area contributed by atoms with Gasteiger partial charge in [0.25, 0.3) is 0 Å². The van der Waals surface area contributed by atoms with Gasteiger partial charge in [-0.3, -0.25) is 0 Å². The summed E-state index contributed by atoms with van der Waals surface area (Å²) in [6, 6.07) is 8.75. The van der Waals surface area contributed by atoms with Gasteiger partial charge in [0.2, 0.25) is 9.05 Å². The molecule has 0 fully saturated rings. The summed E-state index contributed by atoms with van der Waals surface area (Å²) < 4.78 is 28.1. The number of hydrogen-bond donors (Lipinski definition) is 0. The van der Waals surface area contributed by atoms with Gasteiger partial charge in [-0.1, -0.05) is 51.1 Å². The van der Waals surface area contributed by atoms with E-state index in [4.69, 9.17) is 15.4 Å². The molecule has 7 heteroatoms. The van der Waals surface area contributed by atoms with E-state index in [2.05, 4.69) is 0 Å². The molecule has 0 heterocycles. The first-order valence-corrected chi connectivity index (χ1v) is 9.81. The Morgan fingerprint density at radius 3 is 2.30 bits per heavy atom. The Kier molecular flexibility index (Phi) is 6.89. The van der Waals surface area contributed by atoms with Crippen molar-refractivity contribution in [2.75, 3.05) is 12.8 Å². The van der Waals surface area contributed by atoms with Crippen LogP contribution in [0, 0.1) is 5.41 Å². The van der Waals surface area contributed by atoms with Crippen molar-refractivity contribution in [3.05, 3.63) is 35.9 Å². The van der Waals surface area contributed by atoms with E-state index in [0.717, 1.165) is 5.56 Å². The van der Waals surface area contributed by atoms with Crippen LogP contribution in [0.1, 0.15) is 32.8 Å². The van der Waals surface area contributed by atoms with Crippen LogP contribution in [0.4, 0.5) is 4.79 Å². The van der Waals surface area contributed by atoms with Gasteiger partial charge >= 0.3 is 6.09 Å². The molecule has 1 rings (SSSR count). The van der Waals surface area contributed by atoms with Crippen molar-refractivity contribution >= 4 is 25.8 Å². The van der Waals surface area contributed by atoms with E-state index < -0.39 is 21.2 Å². The fourth-order valence-electron chi connectivity index (χ4n) is 2.21. The molecule has 130 valence electrons. The zero-order valence-electron chi connectivity index (χ0n) is 14.0. The average Bonchev–Trinajstić information content (AvgIpc) is 2.41. The maximum Gasteiger partial charge on any atom is 0.410 e. The minimum atomic E-state index is -3.72. The van der Waals surface area contributed by atoms with E-state index in [1.54, 1.807) is 0 Å². The number of carbonyl (C=O) groups is 1. The highest BCUT2D eigenvalue weighted by Gasteiger charge is 2.29. The number of carbonyl (C=O) groups excluding carboxylic acids is 1. The normalized spacial score (nSPS) is 13.4. The minimum absolute atomic E-state index is 0.139. The van der Waals surface area contributed by atoms with Gasteiger partial charge in [0.15, 0.2) is 0 Å². The number of hydrogen-bond acceptors (Lipinski definition) is 4. The van der Waals surface area contributed by atoms with Gasteiger partial charge in [-0.05, 0) is 17.4 Å². The molecule has 0 aliphatic rings. The van der Waals surface area contributed by atoms with Crippen molar-refractivity contribution in [2.45, 2.75) is 39.8 Å². The molecule has 0 aliphatic heterocycles. The van der Waals surface area contributed by atoms with Crippen LogP contribution < -0.4 is 0 Å². The van der Waals surface area contributed by atoms with Crippen molar-refractivity contribution < 1.29 is 17.9 Å². The second-order valence-corrected chi connectivity index (χ2v) is 9.60. The lowest BCUT2D eigenvalue weighted by Crippen LogP contribution is -2.43. The SMILES string of the molecule is CN(C(=O)OCc1ccccc1)C(CC(C)(C)C)CS(=O)(=O)Cl. The van der Waals surface area contributed by atoms with E-state index in [1.165, 1.54) is 11.9 Å². The Morgan fingerprint density at radius 1 is 1.26 bits per heavy atom. The monoisotopic (exact) mass is 361 g/mol. The number of nitrogens with zero attached hydrogens (tertiary/aromatic N) is 1. The molecule has 0 saturated heterocycles. The van der Waals surface area contributed by atoms with Crippen LogP contribution in [0.3, 0.4) is 0 Å². The summed E-state index contributed by atoms with van der Waals surface area (Å²) in [6.45, 7) is 6.07. The number of ether oxygens (including phenoxy) is 1. The minimum Gasteiger partial charge on any atom is -0.445 e. The fraction of sp³-hybridized carbons (Fsp3) is 0.562. The largest absolute Gasteiger partial charge is 0.445 e. The maximum absolute atomic E-state index is 12.2. The number of halogens is 1.